The highest BCUT2D eigenvalue weighted by Gasteiger charge is 2.14. The number of carbonyl (C=O) groups is 1. The minimum atomic E-state index is -0.552. The molecule has 2 aromatic carbocycles. The number of nitrogens with zero attached hydrogens (tertiary/aromatic N) is 2. The fourth-order valence-corrected chi connectivity index (χ4v) is 2.17. The molecule has 0 aliphatic rings. The van der Waals surface area contributed by atoms with Gasteiger partial charge in [-0.3, -0.25) is 14.9 Å². The van der Waals surface area contributed by atoms with Gasteiger partial charge in [-0.1, -0.05) is 0 Å². The Morgan fingerprint density at radius 2 is 2.00 bits per heavy atom. The second-order valence-electron chi connectivity index (χ2n) is 5.06. The molecule has 1 N–H and O–H groups in total. The minimum absolute atomic E-state index is 0.0161. The summed E-state index contributed by atoms with van der Waals surface area (Å²) < 4.78 is 10.4. The molecule has 3 aromatic rings. The molecule has 0 aliphatic carbocycles. The molecule has 0 atom stereocenters. The summed E-state index contributed by atoms with van der Waals surface area (Å²) in [5.74, 6) is 0.184. The van der Waals surface area contributed by atoms with Crippen molar-refractivity contribution in [2.75, 3.05) is 7.11 Å². The number of fused-ring (bicyclic) bond motifs is 1. The second-order valence-corrected chi connectivity index (χ2v) is 5.06. The van der Waals surface area contributed by atoms with E-state index >= 15 is 0 Å². The van der Waals surface area contributed by atoms with E-state index in [1.54, 1.807) is 31.4 Å². The summed E-state index contributed by atoms with van der Waals surface area (Å²) in [7, 11) is 1.57. The van der Waals surface area contributed by atoms with Crippen LogP contribution >= 0.6 is 0 Å². The number of nitro benzene ring substituents is 1. The molecule has 126 valence electrons. The number of furan rings is 1. The van der Waals surface area contributed by atoms with Gasteiger partial charge >= 0.3 is 5.91 Å². The van der Waals surface area contributed by atoms with Crippen LogP contribution in [0.2, 0.25) is 0 Å². The molecule has 0 saturated carbocycles. The van der Waals surface area contributed by atoms with E-state index in [0.29, 0.717) is 11.0 Å². The topological polar surface area (TPSA) is 107 Å². The summed E-state index contributed by atoms with van der Waals surface area (Å²) in [5.41, 5.74) is 3.44. The molecule has 8 nitrogen and oxygen atoms in total. The van der Waals surface area contributed by atoms with Gasteiger partial charge in [-0.05, 0) is 42.0 Å². The molecule has 0 saturated heterocycles. The van der Waals surface area contributed by atoms with E-state index in [-0.39, 0.29) is 11.4 Å². The Morgan fingerprint density at radius 1 is 1.24 bits per heavy atom. The number of hydrazone groups is 1. The van der Waals surface area contributed by atoms with Crippen molar-refractivity contribution in [3.05, 3.63) is 70.0 Å². The highest BCUT2D eigenvalue weighted by Crippen LogP contribution is 2.24. The molecule has 25 heavy (non-hydrogen) atoms. The molecule has 0 spiro atoms. The van der Waals surface area contributed by atoms with Gasteiger partial charge in [-0.25, -0.2) is 5.43 Å². The molecule has 0 unspecified atom stereocenters. The van der Waals surface area contributed by atoms with E-state index in [1.165, 1.54) is 30.5 Å². The monoisotopic (exact) mass is 339 g/mol. The number of non-ortho nitro benzene ring substituents is 1. The maximum Gasteiger partial charge on any atom is 0.307 e. The van der Waals surface area contributed by atoms with E-state index < -0.39 is 10.8 Å². The summed E-state index contributed by atoms with van der Waals surface area (Å²) in [4.78, 5) is 22.3. The van der Waals surface area contributed by atoms with Gasteiger partial charge in [-0.2, -0.15) is 5.10 Å². The quantitative estimate of drug-likeness (QED) is 0.436. The Labute approximate surface area is 141 Å². The zero-order valence-electron chi connectivity index (χ0n) is 13.1. The van der Waals surface area contributed by atoms with Crippen molar-refractivity contribution in [2.24, 2.45) is 5.10 Å². The molecule has 1 aromatic heterocycles. The van der Waals surface area contributed by atoms with Gasteiger partial charge in [-0.15, -0.1) is 0 Å². The number of hydrogen-bond acceptors (Lipinski definition) is 6. The van der Waals surface area contributed by atoms with Gasteiger partial charge in [0.1, 0.15) is 11.3 Å². The van der Waals surface area contributed by atoms with Crippen LogP contribution in [0.1, 0.15) is 16.1 Å². The first-order chi connectivity index (χ1) is 12.1. The first-order valence-electron chi connectivity index (χ1n) is 7.22. The second kappa shape index (κ2) is 6.83. The lowest BCUT2D eigenvalue weighted by molar-refractivity contribution is -0.384. The lowest BCUT2D eigenvalue weighted by Gasteiger charge is -1.99. The van der Waals surface area contributed by atoms with Crippen molar-refractivity contribution in [3.8, 4) is 5.75 Å². The highest BCUT2D eigenvalue weighted by molar-refractivity contribution is 5.97. The number of rotatable bonds is 5. The standard InChI is InChI=1S/C17H13N3O5/c1-24-14-5-2-11(3-6-14)10-18-19-17(21)16-9-12-8-13(20(22)23)4-7-15(12)25-16/h2-10H,1H3,(H,19,21)/b18-10-. The van der Waals surface area contributed by atoms with Crippen LogP contribution in [0.3, 0.4) is 0 Å². The van der Waals surface area contributed by atoms with E-state index in [4.69, 9.17) is 9.15 Å². The van der Waals surface area contributed by atoms with Crippen LogP contribution in [0.15, 0.2) is 58.0 Å². The SMILES string of the molecule is COc1ccc(/C=N\NC(=O)c2cc3cc([N+](=O)[O-])ccc3o2)cc1. The number of nitro groups is 1. The summed E-state index contributed by atoms with van der Waals surface area (Å²) in [5, 5.41) is 15.1. The summed E-state index contributed by atoms with van der Waals surface area (Å²) in [6.45, 7) is 0. The molecular weight excluding hydrogens is 326 g/mol. The maximum atomic E-state index is 12.1. The van der Waals surface area contributed by atoms with Crippen LogP contribution in [0.25, 0.3) is 11.0 Å². The molecule has 1 heterocycles. The largest absolute Gasteiger partial charge is 0.497 e. The van der Waals surface area contributed by atoms with Gasteiger partial charge in [0.2, 0.25) is 0 Å². The molecule has 1 amide bonds. The van der Waals surface area contributed by atoms with Gasteiger partial charge in [0, 0.05) is 17.5 Å². The molecule has 0 aliphatic heterocycles. The maximum absolute atomic E-state index is 12.1. The van der Waals surface area contributed by atoms with Crippen LogP contribution in [0.5, 0.6) is 5.75 Å². The van der Waals surface area contributed by atoms with Crippen molar-refractivity contribution in [1.29, 1.82) is 0 Å². The molecule has 3 rings (SSSR count). The zero-order chi connectivity index (χ0) is 17.8. The molecule has 0 radical (unpaired) electrons. The number of methoxy groups -OCH3 is 1. The number of nitrogens with one attached hydrogen (secondary N) is 1. The lowest BCUT2D eigenvalue weighted by Crippen LogP contribution is -2.16. The molecule has 8 heteroatoms. The smallest absolute Gasteiger partial charge is 0.307 e. The van der Waals surface area contributed by atoms with Crippen LogP contribution in [-0.2, 0) is 0 Å². The average Bonchev–Trinajstić information content (AvgIpc) is 3.05. The Hall–Kier alpha value is -3.68. The third kappa shape index (κ3) is 3.63. The van der Waals surface area contributed by atoms with Gasteiger partial charge in [0.25, 0.3) is 5.69 Å². The normalized spacial score (nSPS) is 10.9. The Morgan fingerprint density at radius 3 is 2.68 bits per heavy atom. The highest BCUT2D eigenvalue weighted by atomic mass is 16.6. The number of amides is 1. The van der Waals surface area contributed by atoms with Crippen molar-refractivity contribution in [2.45, 2.75) is 0 Å². The van der Waals surface area contributed by atoms with Crippen LogP contribution in [0, 0.1) is 10.1 Å². The van der Waals surface area contributed by atoms with Gasteiger partial charge in [0.15, 0.2) is 5.76 Å². The summed E-state index contributed by atoms with van der Waals surface area (Å²) in [6.07, 6.45) is 1.48. The molecule has 0 fully saturated rings. The molecular formula is C17H13N3O5. The van der Waals surface area contributed by atoms with Crippen LogP contribution in [0.4, 0.5) is 5.69 Å². The zero-order valence-corrected chi connectivity index (χ0v) is 13.1. The fraction of sp³-hybridized carbons (Fsp3) is 0.0588. The van der Waals surface area contributed by atoms with E-state index in [2.05, 4.69) is 10.5 Å². The van der Waals surface area contributed by atoms with Crippen LogP contribution < -0.4 is 10.2 Å². The van der Waals surface area contributed by atoms with E-state index in [9.17, 15) is 14.9 Å². The van der Waals surface area contributed by atoms with E-state index in [0.717, 1.165) is 11.3 Å². The minimum Gasteiger partial charge on any atom is -0.497 e. The number of carbonyl (C=O) groups excluding carboxylic acids is 1. The van der Waals surface area contributed by atoms with Crippen molar-refractivity contribution in [1.82, 2.24) is 5.43 Å². The molecule has 0 bridgehead atoms. The van der Waals surface area contributed by atoms with Crippen molar-refractivity contribution >= 4 is 28.8 Å². The number of benzene rings is 2. The van der Waals surface area contributed by atoms with E-state index in [1.807, 2.05) is 0 Å². The predicted octanol–water partition coefficient (Wildman–Crippen LogP) is 3.11. The Kier molecular flexibility index (Phi) is 4.42. The lowest BCUT2D eigenvalue weighted by atomic mass is 10.2. The Balaban J connectivity index is 1.71. The average molecular weight is 339 g/mol. The summed E-state index contributed by atoms with van der Waals surface area (Å²) >= 11 is 0. The number of hydrogen-bond donors (Lipinski definition) is 1. The van der Waals surface area contributed by atoms with Crippen molar-refractivity contribution in [3.63, 3.8) is 0 Å². The predicted molar refractivity (Wildman–Crippen MR) is 90.9 cm³/mol. The third-order valence-corrected chi connectivity index (χ3v) is 3.43. The van der Waals surface area contributed by atoms with Crippen molar-refractivity contribution < 1.29 is 18.9 Å². The fourth-order valence-electron chi connectivity index (χ4n) is 2.17. The van der Waals surface area contributed by atoms with Crippen LogP contribution in [-0.4, -0.2) is 24.2 Å². The first kappa shape index (κ1) is 16.2. The van der Waals surface area contributed by atoms with Gasteiger partial charge in [0.05, 0.1) is 18.2 Å². The Bertz CT molecular complexity index is 960. The third-order valence-electron chi connectivity index (χ3n) is 3.43. The van der Waals surface area contributed by atoms with Gasteiger partial charge < -0.3 is 9.15 Å². The summed E-state index contributed by atoms with van der Waals surface area (Å²) in [6, 6.07) is 12.7. The number of ether oxygens (including phenoxy) is 1. The first-order valence-corrected chi connectivity index (χ1v) is 7.22.